The minimum absolute atomic E-state index is 0.0169. The third-order valence-electron chi connectivity index (χ3n) is 5.84. The maximum atomic E-state index is 14.9. The van der Waals surface area contributed by atoms with Crippen molar-refractivity contribution in [3.63, 3.8) is 0 Å². The van der Waals surface area contributed by atoms with Gasteiger partial charge in [-0.2, -0.15) is 5.26 Å². The molecule has 3 aromatic heterocycles. The van der Waals surface area contributed by atoms with Crippen molar-refractivity contribution >= 4 is 23.8 Å². The van der Waals surface area contributed by atoms with Crippen molar-refractivity contribution in [2.45, 2.75) is 26.2 Å². The summed E-state index contributed by atoms with van der Waals surface area (Å²) >= 11 is 0. The van der Waals surface area contributed by atoms with E-state index in [1.54, 1.807) is 57.4 Å². The molecule has 0 aliphatic heterocycles. The van der Waals surface area contributed by atoms with E-state index in [2.05, 4.69) is 31.7 Å². The van der Waals surface area contributed by atoms with Gasteiger partial charge in [-0.15, -0.1) is 0 Å². The number of halogens is 1. The van der Waals surface area contributed by atoms with Gasteiger partial charge >= 0.3 is 0 Å². The summed E-state index contributed by atoms with van der Waals surface area (Å²) in [7, 11) is 0. The second-order valence-corrected chi connectivity index (χ2v) is 8.89. The molecule has 184 valence electrons. The minimum Gasteiger partial charge on any atom is -0.319 e. The number of rotatable bonds is 7. The Bertz CT molecular complexity index is 1540. The van der Waals surface area contributed by atoms with Gasteiger partial charge < -0.3 is 10.6 Å². The van der Waals surface area contributed by atoms with Gasteiger partial charge in [0, 0.05) is 29.7 Å². The molecule has 0 aliphatic carbocycles. The van der Waals surface area contributed by atoms with Crippen LogP contribution >= 0.6 is 0 Å². The number of amides is 2. The quantitative estimate of drug-likeness (QED) is 0.338. The topological polar surface area (TPSA) is 121 Å². The third-order valence-corrected chi connectivity index (χ3v) is 5.84. The number of benzene rings is 1. The fourth-order valence-electron chi connectivity index (χ4n) is 3.73. The van der Waals surface area contributed by atoms with Gasteiger partial charge in [0.15, 0.2) is 0 Å². The van der Waals surface area contributed by atoms with Gasteiger partial charge in [0.1, 0.15) is 11.6 Å². The lowest BCUT2D eigenvalue weighted by molar-refractivity contribution is -0.105. The third kappa shape index (κ3) is 5.49. The summed E-state index contributed by atoms with van der Waals surface area (Å²) in [5.74, 6) is -0.706. The SMILES string of the molecule is Cc1cc(F)c(NC(=O)c2ccnc(C(C)(C)C#N)c2)cc1-c1ccnc(-c2ccnc(NC=O)c2)c1. The molecular formula is C28H23FN6O2. The number of hydrogen-bond acceptors (Lipinski definition) is 6. The van der Waals surface area contributed by atoms with Crippen LogP contribution in [0.4, 0.5) is 15.9 Å². The van der Waals surface area contributed by atoms with E-state index >= 15 is 0 Å². The zero-order valence-electron chi connectivity index (χ0n) is 20.4. The molecule has 0 bridgehead atoms. The molecule has 3 heterocycles. The highest BCUT2D eigenvalue weighted by molar-refractivity contribution is 6.04. The number of nitriles is 1. The lowest BCUT2D eigenvalue weighted by Crippen LogP contribution is -2.19. The lowest BCUT2D eigenvalue weighted by atomic mass is 9.90. The van der Waals surface area contributed by atoms with Crippen LogP contribution < -0.4 is 10.6 Å². The van der Waals surface area contributed by atoms with E-state index in [4.69, 9.17) is 0 Å². The summed E-state index contributed by atoms with van der Waals surface area (Å²) in [6.07, 6.45) is 5.20. The second kappa shape index (κ2) is 10.3. The van der Waals surface area contributed by atoms with Crippen LogP contribution in [0.25, 0.3) is 22.4 Å². The summed E-state index contributed by atoms with van der Waals surface area (Å²) < 4.78 is 14.9. The molecule has 4 rings (SSSR count). The van der Waals surface area contributed by atoms with Gasteiger partial charge in [0.25, 0.3) is 5.91 Å². The number of pyridine rings is 3. The Morgan fingerprint density at radius 2 is 1.73 bits per heavy atom. The van der Waals surface area contributed by atoms with E-state index in [0.717, 1.165) is 11.1 Å². The van der Waals surface area contributed by atoms with Crippen molar-refractivity contribution in [1.29, 1.82) is 5.26 Å². The standard InChI is InChI=1S/C28H23FN6O2/c1-17-10-22(29)24(35-27(37)20-6-8-32-25(12-20)28(2,3)15-30)14-21(17)18-4-7-31-23(11-18)19-5-9-33-26(13-19)34-16-36/h4-14,16H,1-3H3,(H,35,37)(H,33,34,36). The zero-order chi connectivity index (χ0) is 26.6. The van der Waals surface area contributed by atoms with Crippen molar-refractivity contribution in [3.05, 3.63) is 89.8 Å². The molecule has 9 heteroatoms. The van der Waals surface area contributed by atoms with E-state index < -0.39 is 17.1 Å². The maximum absolute atomic E-state index is 14.9. The summed E-state index contributed by atoms with van der Waals surface area (Å²) in [6, 6.07) is 15.2. The predicted octanol–water partition coefficient (Wildman–Crippen LogP) is 5.27. The van der Waals surface area contributed by atoms with Gasteiger partial charge in [-0.3, -0.25) is 19.6 Å². The first-order valence-corrected chi connectivity index (χ1v) is 11.3. The predicted molar refractivity (Wildman–Crippen MR) is 138 cm³/mol. The maximum Gasteiger partial charge on any atom is 0.255 e. The first-order valence-electron chi connectivity index (χ1n) is 11.3. The molecule has 0 spiro atoms. The number of aromatic nitrogens is 3. The largest absolute Gasteiger partial charge is 0.319 e. The molecule has 0 radical (unpaired) electrons. The van der Waals surface area contributed by atoms with E-state index in [0.29, 0.717) is 34.7 Å². The summed E-state index contributed by atoms with van der Waals surface area (Å²) in [5.41, 5.74) is 3.37. The minimum atomic E-state index is -0.878. The molecule has 1 aromatic carbocycles. The number of carbonyl (C=O) groups excluding carboxylic acids is 2. The van der Waals surface area contributed by atoms with Crippen LogP contribution in [0.5, 0.6) is 0 Å². The molecule has 4 aromatic rings. The first-order chi connectivity index (χ1) is 17.7. The van der Waals surface area contributed by atoms with Crippen LogP contribution in [-0.2, 0) is 10.2 Å². The van der Waals surface area contributed by atoms with Gasteiger partial charge in [0.2, 0.25) is 6.41 Å². The van der Waals surface area contributed by atoms with E-state index in [9.17, 15) is 19.2 Å². The average molecular weight is 495 g/mol. The Labute approximate surface area is 213 Å². The van der Waals surface area contributed by atoms with Crippen LogP contribution in [-0.4, -0.2) is 27.3 Å². The Kier molecular flexibility index (Phi) is 7.02. The molecule has 0 aliphatic rings. The smallest absolute Gasteiger partial charge is 0.255 e. The van der Waals surface area contributed by atoms with Crippen LogP contribution in [0, 0.1) is 24.1 Å². The molecule has 0 unspecified atom stereocenters. The number of hydrogen-bond donors (Lipinski definition) is 2. The van der Waals surface area contributed by atoms with Crippen molar-refractivity contribution in [1.82, 2.24) is 15.0 Å². The van der Waals surface area contributed by atoms with Gasteiger partial charge in [-0.25, -0.2) is 9.37 Å². The lowest BCUT2D eigenvalue weighted by Gasteiger charge is -2.16. The average Bonchev–Trinajstić information content (AvgIpc) is 2.90. The van der Waals surface area contributed by atoms with Crippen LogP contribution in [0.15, 0.2) is 67.1 Å². The zero-order valence-corrected chi connectivity index (χ0v) is 20.4. The van der Waals surface area contributed by atoms with E-state index in [1.807, 2.05) is 6.07 Å². The Morgan fingerprint density at radius 1 is 1.00 bits per heavy atom. The molecule has 0 fully saturated rings. The number of anilines is 2. The van der Waals surface area contributed by atoms with Gasteiger partial charge in [-0.05, 0) is 86.0 Å². The fourth-order valence-corrected chi connectivity index (χ4v) is 3.73. The molecule has 0 saturated carbocycles. The normalized spacial score (nSPS) is 10.9. The number of carbonyl (C=O) groups is 2. The van der Waals surface area contributed by atoms with Crippen LogP contribution in [0.2, 0.25) is 0 Å². The highest BCUT2D eigenvalue weighted by Crippen LogP contribution is 2.31. The molecular weight excluding hydrogens is 471 g/mol. The number of aryl methyl sites for hydroxylation is 1. The molecule has 8 nitrogen and oxygen atoms in total. The molecule has 0 atom stereocenters. The first kappa shape index (κ1) is 25.1. The van der Waals surface area contributed by atoms with E-state index in [-0.39, 0.29) is 11.3 Å². The Balaban J connectivity index is 1.66. The molecule has 2 N–H and O–H groups in total. The summed E-state index contributed by atoms with van der Waals surface area (Å²) in [6.45, 7) is 5.19. The molecule has 37 heavy (non-hydrogen) atoms. The van der Waals surface area contributed by atoms with Crippen molar-refractivity contribution in [2.24, 2.45) is 0 Å². The van der Waals surface area contributed by atoms with Crippen molar-refractivity contribution < 1.29 is 14.0 Å². The molecule has 0 saturated heterocycles. The summed E-state index contributed by atoms with van der Waals surface area (Å²) in [4.78, 5) is 36.4. The Hall–Kier alpha value is -4.97. The van der Waals surface area contributed by atoms with Crippen LogP contribution in [0.1, 0.15) is 35.5 Å². The van der Waals surface area contributed by atoms with E-state index in [1.165, 1.54) is 24.4 Å². The monoisotopic (exact) mass is 494 g/mol. The van der Waals surface area contributed by atoms with Crippen LogP contribution in [0.3, 0.4) is 0 Å². The van der Waals surface area contributed by atoms with Gasteiger partial charge in [0.05, 0.1) is 28.6 Å². The number of nitrogens with one attached hydrogen (secondary N) is 2. The summed E-state index contributed by atoms with van der Waals surface area (Å²) in [5, 5.41) is 14.5. The van der Waals surface area contributed by atoms with Crippen molar-refractivity contribution in [2.75, 3.05) is 10.6 Å². The van der Waals surface area contributed by atoms with Crippen molar-refractivity contribution in [3.8, 4) is 28.5 Å². The fraction of sp³-hybridized carbons (Fsp3) is 0.143. The Morgan fingerprint density at radius 3 is 2.49 bits per heavy atom. The highest BCUT2D eigenvalue weighted by Gasteiger charge is 2.23. The highest BCUT2D eigenvalue weighted by atomic mass is 19.1. The number of nitrogens with zero attached hydrogens (tertiary/aromatic N) is 4. The molecule has 2 amide bonds. The van der Waals surface area contributed by atoms with Gasteiger partial charge in [-0.1, -0.05) is 0 Å². The second-order valence-electron chi connectivity index (χ2n) is 8.89.